The van der Waals surface area contributed by atoms with Crippen LogP contribution in [0.15, 0.2) is 18.3 Å². The number of hydrogen-bond donors (Lipinski definition) is 1. The van der Waals surface area contributed by atoms with E-state index in [1.807, 2.05) is 17.0 Å². The number of nitrogens with one attached hydrogen (secondary N) is 1. The maximum Gasteiger partial charge on any atom is 0.391 e. The van der Waals surface area contributed by atoms with Crippen LogP contribution in [0.2, 0.25) is 0 Å². The molecule has 3 rings (SSSR count). The minimum Gasteiger partial charge on any atom is -0.357 e. The number of rotatable bonds is 4. The van der Waals surface area contributed by atoms with Gasteiger partial charge in [-0.1, -0.05) is 0 Å². The third-order valence-corrected chi connectivity index (χ3v) is 4.26. The molecule has 1 aliphatic carbocycles. The van der Waals surface area contributed by atoms with Crippen molar-refractivity contribution in [2.75, 3.05) is 18.0 Å². The molecule has 0 amide bonds. The molecule has 1 N–H and O–H groups in total. The van der Waals surface area contributed by atoms with Crippen molar-refractivity contribution in [3.05, 3.63) is 23.9 Å². The van der Waals surface area contributed by atoms with Crippen LogP contribution in [0.1, 0.15) is 31.2 Å². The summed E-state index contributed by atoms with van der Waals surface area (Å²) >= 11 is 0. The molecule has 3 nitrogen and oxygen atoms in total. The van der Waals surface area contributed by atoms with Gasteiger partial charge in [-0.3, -0.25) is 0 Å². The Kier molecular flexibility index (Phi) is 4.06. The fraction of sp³-hybridized carbons (Fsp3) is 0.667. The summed E-state index contributed by atoms with van der Waals surface area (Å²) in [5, 5.41) is 3.43. The second-order valence-electron chi connectivity index (χ2n) is 5.98. The third-order valence-electron chi connectivity index (χ3n) is 4.26. The highest BCUT2D eigenvalue weighted by atomic mass is 19.4. The Labute approximate surface area is 122 Å². The Balaban J connectivity index is 1.58. The SMILES string of the molecule is FC(F)(F)C1CCN(c2cc(CNC3CC3)ccn2)CC1. The Morgan fingerprint density at radius 3 is 2.52 bits per heavy atom. The van der Waals surface area contributed by atoms with E-state index in [-0.39, 0.29) is 12.8 Å². The minimum atomic E-state index is -4.06. The van der Waals surface area contributed by atoms with Crippen molar-refractivity contribution in [2.24, 2.45) is 5.92 Å². The number of piperidine rings is 1. The molecule has 0 unspecified atom stereocenters. The molecule has 0 radical (unpaired) electrons. The molecule has 21 heavy (non-hydrogen) atoms. The quantitative estimate of drug-likeness (QED) is 0.926. The molecule has 6 heteroatoms. The van der Waals surface area contributed by atoms with Crippen molar-refractivity contribution >= 4 is 5.82 Å². The molecule has 116 valence electrons. The summed E-state index contributed by atoms with van der Waals surface area (Å²) in [6.45, 7) is 1.66. The molecule has 2 fully saturated rings. The first-order valence-electron chi connectivity index (χ1n) is 7.52. The summed E-state index contributed by atoms with van der Waals surface area (Å²) in [6, 6.07) is 4.59. The predicted molar refractivity (Wildman–Crippen MR) is 75.1 cm³/mol. The van der Waals surface area contributed by atoms with Crippen LogP contribution in [0.25, 0.3) is 0 Å². The van der Waals surface area contributed by atoms with E-state index >= 15 is 0 Å². The molecular weight excluding hydrogens is 279 g/mol. The van der Waals surface area contributed by atoms with Crippen LogP contribution in [-0.4, -0.2) is 30.3 Å². The zero-order valence-corrected chi connectivity index (χ0v) is 11.9. The van der Waals surface area contributed by atoms with E-state index in [0.29, 0.717) is 19.1 Å². The van der Waals surface area contributed by atoms with Gasteiger partial charge in [0.05, 0.1) is 5.92 Å². The summed E-state index contributed by atoms with van der Waals surface area (Å²) in [5.74, 6) is -0.362. The molecule has 0 bridgehead atoms. The summed E-state index contributed by atoms with van der Waals surface area (Å²) in [6.07, 6.45) is 0.488. The van der Waals surface area contributed by atoms with Crippen LogP contribution < -0.4 is 10.2 Å². The number of aromatic nitrogens is 1. The van der Waals surface area contributed by atoms with E-state index in [1.54, 1.807) is 6.20 Å². The highest BCUT2D eigenvalue weighted by Gasteiger charge is 2.41. The second kappa shape index (κ2) is 5.83. The van der Waals surface area contributed by atoms with Gasteiger partial charge in [0.1, 0.15) is 5.82 Å². The van der Waals surface area contributed by atoms with Gasteiger partial charge in [-0.2, -0.15) is 13.2 Å². The molecular formula is C15H20F3N3. The van der Waals surface area contributed by atoms with Gasteiger partial charge in [0.2, 0.25) is 0 Å². The van der Waals surface area contributed by atoms with Crippen LogP contribution in [0, 0.1) is 5.92 Å². The number of alkyl halides is 3. The summed E-state index contributed by atoms with van der Waals surface area (Å²) in [5.41, 5.74) is 1.14. The number of halogens is 3. The van der Waals surface area contributed by atoms with Crippen molar-refractivity contribution in [3.63, 3.8) is 0 Å². The van der Waals surface area contributed by atoms with Gasteiger partial charge in [-0.05, 0) is 43.4 Å². The zero-order chi connectivity index (χ0) is 14.9. The Morgan fingerprint density at radius 1 is 1.19 bits per heavy atom. The average molecular weight is 299 g/mol. The molecule has 0 atom stereocenters. The predicted octanol–water partition coefficient (Wildman–Crippen LogP) is 3.11. The van der Waals surface area contributed by atoms with Gasteiger partial charge in [-0.25, -0.2) is 4.98 Å². The zero-order valence-electron chi connectivity index (χ0n) is 11.9. The maximum atomic E-state index is 12.7. The molecule has 0 spiro atoms. The molecule has 1 saturated carbocycles. The van der Waals surface area contributed by atoms with Crippen LogP contribution in [0.5, 0.6) is 0 Å². The van der Waals surface area contributed by atoms with E-state index in [1.165, 1.54) is 12.8 Å². The topological polar surface area (TPSA) is 28.2 Å². The highest BCUT2D eigenvalue weighted by molar-refractivity contribution is 5.41. The summed E-state index contributed by atoms with van der Waals surface area (Å²) in [7, 11) is 0. The molecule has 2 heterocycles. The number of hydrogen-bond acceptors (Lipinski definition) is 3. The van der Waals surface area contributed by atoms with Crippen LogP contribution in [-0.2, 0) is 6.54 Å². The van der Waals surface area contributed by atoms with Gasteiger partial charge in [0.15, 0.2) is 0 Å². The molecule has 1 aromatic rings. The van der Waals surface area contributed by atoms with Crippen LogP contribution in [0.4, 0.5) is 19.0 Å². The smallest absolute Gasteiger partial charge is 0.357 e. The van der Waals surface area contributed by atoms with Gasteiger partial charge in [0.25, 0.3) is 0 Å². The van der Waals surface area contributed by atoms with Gasteiger partial charge < -0.3 is 10.2 Å². The Morgan fingerprint density at radius 2 is 1.90 bits per heavy atom. The highest BCUT2D eigenvalue weighted by Crippen LogP contribution is 2.35. The molecule has 1 aromatic heterocycles. The first-order chi connectivity index (χ1) is 10.0. The van der Waals surface area contributed by atoms with Crippen molar-refractivity contribution in [1.29, 1.82) is 0 Å². The van der Waals surface area contributed by atoms with Crippen molar-refractivity contribution in [1.82, 2.24) is 10.3 Å². The van der Waals surface area contributed by atoms with Crippen LogP contribution in [0.3, 0.4) is 0 Å². The second-order valence-corrected chi connectivity index (χ2v) is 5.98. The summed E-state index contributed by atoms with van der Waals surface area (Å²) in [4.78, 5) is 6.27. The third kappa shape index (κ3) is 3.87. The van der Waals surface area contributed by atoms with Crippen molar-refractivity contribution in [2.45, 2.75) is 44.4 Å². The Hall–Kier alpha value is -1.30. The van der Waals surface area contributed by atoms with Gasteiger partial charge in [0, 0.05) is 31.9 Å². The molecule has 1 saturated heterocycles. The monoisotopic (exact) mass is 299 g/mol. The van der Waals surface area contributed by atoms with Gasteiger partial charge in [-0.15, -0.1) is 0 Å². The number of pyridine rings is 1. The number of anilines is 1. The van der Waals surface area contributed by atoms with E-state index in [0.717, 1.165) is 17.9 Å². The largest absolute Gasteiger partial charge is 0.391 e. The summed E-state index contributed by atoms with van der Waals surface area (Å²) < 4.78 is 38.0. The van der Waals surface area contributed by atoms with Crippen LogP contribution >= 0.6 is 0 Å². The standard InChI is InChI=1S/C15H20F3N3/c16-15(17,18)12-4-7-21(8-5-12)14-9-11(3-6-19-14)10-20-13-1-2-13/h3,6,9,12-13,20H,1-2,4-5,7-8,10H2. The normalized spacial score (nSPS) is 20.8. The first-order valence-corrected chi connectivity index (χ1v) is 7.52. The molecule has 2 aliphatic rings. The first kappa shape index (κ1) is 14.6. The average Bonchev–Trinajstić information content (AvgIpc) is 3.29. The lowest BCUT2D eigenvalue weighted by Gasteiger charge is -2.33. The molecule has 0 aromatic carbocycles. The molecule has 1 aliphatic heterocycles. The van der Waals surface area contributed by atoms with Crippen molar-refractivity contribution in [3.8, 4) is 0 Å². The number of nitrogens with zero attached hydrogens (tertiary/aromatic N) is 2. The minimum absolute atomic E-state index is 0.162. The lowest BCUT2D eigenvalue weighted by molar-refractivity contribution is -0.179. The fourth-order valence-electron chi connectivity index (χ4n) is 2.73. The Bertz CT molecular complexity index is 477. The van der Waals surface area contributed by atoms with E-state index in [4.69, 9.17) is 0 Å². The lowest BCUT2D eigenvalue weighted by Crippen LogP contribution is -2.39. The van der Waals surface area contributed by atoms with E-state index < -0.39 is 12.1 Å². The lowest BCUT2D eigenvalue weighted by atomic mass is 9.96. The fourth-order valence-corrected chi connectivity index (χ4v) is 2.73. The van der Waals surface area contributed by atoms with Gasteiger partial charge >= 0.3 is 6.18 Å². The maximum absolute atomic E-state index is 12.7. The van der Waals surface area contributed by atoms with E-state index in [2.05, 4.69) is 10.3 Å². The van der Waals surface area contributed by atoms with E-state index in [9.17, 15) is 13.2 Å². The van der Waals surface area contributed by atoms with Crippen molar-refractivity contribution < 1.29 is 13.2 Å².